The van der Waals surface area contributed by atoms with Gasteiger partial charge in [0.05, 0.1) is 6.61 Å². The smallest absolute Gasteiger partial charge is 0.326 e. The van der Waals surface area contributed by atoms with Crippen LogP contribution in [0.25, 0.3) is 0 Å². The Morgan fingerprint density at radius 3 is 2.71 bits per heavy atom. The Bertz CT molecular complexity index is 241. The van der Waals surface area contributed by atoms with Crippen molar-refractivity contribution in [1.29, 1.82) is 0 Å². The predicted molar refractivity (Wildman–Crippen MR) is 66.9 cm³/mol. The molecule has 1 fully saturated rings. The third-order valence-electron chi connectivity index (χ3n) is 3.29. The first kappa shape index (κ1) is 14.5. The maximum atomic E-state index is 11.8. The van der Waals surface area contributed by atoms with Crippen molar-refractivity contribution >= 4 is 5.97 Å². The van der Waals surface area contributed by atoms with Crippen molar-refractivity contribution in [1.82, 2.24) is 5.32 Å². The number of ether oxygens (including phenoxy) is 2. The lowest BCUT2D eigenvalue weighted by Crippen LogP contribution is -2.48. The van der Waals surface area contributed by atoms with Gasteiger partial charge in [-0.25, -0.2) is 0 Å². The molecule has 4 heteroatoms. The maximum absolute atomic E-state index is 11.8. The third-order valence-corrected chi connectivity index (χ3v) is 3.29. The monoisotopic (exact) mass is 243 g/mol. The van der Waals surface area contributed by atoms with Crippen molar-refractivity contribution < 1.29 is 14.3 Å². The van der Waals surface area contributed by atoms with E-state index in [2.05, 4.69) is 5.32 Å². The van der Waals surface area contributed by atoms with Gasteiger partial charge in [0.15, 0.2) is 0 Å². The van der Waals surface area contributed by atoms with Crippen molar-refractivity contribution in [3.05, 3.63) is 0 Å². The molecule has 4 nitrogen and oxygen atoms in total. The molecule has 0 spiro atoms. The SMILES string of the molecule is CCOC(=O)C(C)(CCCOCC1CC1)NC. The van der Waals surface area contributed by atoms with Crippen molar-refractivity contribution in [2.45, 2.75) is 45.1 Å². The van der Waals surface area contributed by atoms with Gasteiger partial charge in [-0.1, -0.05) is 0 Å². The Morgan fingerprint density at radius 2 is 2.18 bits per heavy atom. The number of esters is 1. The van der Waals surface area contributed by atoms with Crippen molar-refractivity contribution in [2.75, 3.05) is 26.9 Å². The maximum Gasteiger partial charge on any atom is 0.326 e. The van der Waals surface area contributed by atoms with Crippen molar-refractivity contribution in [2.24, 2.45) is 5.92 Å². The molecule has 17 heavy (non-hydrogen) atoms. The highest BCUT2D eigenvalue weighted by atomic mass is 16.5. The molecule has 0 radical (unpaired) electrons. The molecular formula is C13H25NO3. The van der Waals surface area contributed by atoms with E-state index in [1.54, 1.807) is 7.05 Å². The minimum absolute atomic E-state index is 0.176. The Kier molecular flexibility index (Phi) is 5.92. The van der Waals surface area contributed by atoms with Crippen molar-refractivity contribution in [3.63, 3.8) is 0 Å². The van der Waals surface area contributed by atoms with Crippen molar-refractivity contribution in [3.8, 4) is 0 Å². The quantitative estimate of drug-likeness (QED) is 0.495. The highest BCUT2D eigenvalue weighted by Gasteiger charge is 2.32. The average molecular weight is 243 g/mol. The van der Waals surface area contributed by atoms with Gasteiger partial charge in [-0.3, -0.25) is 4.79 Å². The molecule has 100 valence electrons. The van der Waals surface area contributed by atoms with Crippen LogP contribution in [-0.4, -0.2) is 38.4 Å². The highest BCUT2D eigenvalue weighted by molar-refractivity contribution is 5.80. The van der Waals surface area contributed by atoms with Gasteiger partial charge in [-0.05, 0) is 52.5 Å². The Balaban J connectivity index is 2.16. The van der Waals surface area contributed by atoms with Crippen LogP contribution in [0.2, 0.25) is 0 Å². The molecule has 0 saturated heterocycles. The fourth-order valence-corrected chi connectivity index (χ4v) is 1.68. The summed E-state index contributed by atoms with van der Waals surface area (Å²) in [6.07, 6.45) is 4.25. The number of carbonyl (C=O) groups excluding carboxylic acids is 1. The summed E-state index contributed by atoms with van der Waals surface area (Å²) >= 11 is 0. The molecule has 1 unspecified atom stereocenters. The van der Waals surface area contributed by atoms with Crippen LogP contribution in [0.5, 0.6) is 0 Å². The largest absolute Gasteiger partial charge is 0.465 e. The third kappa shape index (κ3) is 5.04. The van der Waals surface area contributed by atoms with Crippen LogP contribution in [-0.2, 0) is 14.3 Å². The molecule has 1 atom stereocenters. The van der Waals surface area contributed by atoms with E-state index in [9.17, 15) is 4.79 Å². The summed E-state index contributed by atoms with van der Waals surface area (Å²) in [6.45, 7) is 5.75. The van der Waals surface area contributed by atoms with Crippen LogP contribution >= 0.6 is 0 Å². The lowest BCUT2D eigenvalue weighted by molar-refractivity contribution is -0.150. The molecule has 0 aromatic carbocycles. The van der Waals surface area contributed by atoms with Gasteiger partial charge in [-0.15, -0.1) is 0 Å². The molecule has 0 aliphatic heterocycles. The summed E-state index contributed by atoms with van der Waals surface area (Å²) in [4.78, 5) is 11.8. The van der Waals surface area contributed by atoms with E-state index < -0.39 is 5.54 Å². The van der Waals surface area contributed by atoms with Crippen LogP contribution < -0.4 is 5.32 Å². The van der Waals surface area contributed by atoms with Gasteiger partial charge in [-0.2, -0.15) is 0 Å². The molecular weight excluding hydrogens is 218 g/mol. The van der Waals surface area contributed by atoms with Crippen LogP contribution in [0, 0.1) is 5.92 Å². The summed E-state index contributed by atoms with van der Waals surface area (Å²) in [7, 11) is 1.79. The van der Waals surface area contributed by atoms with Crippen LogP contribution in [0.3, 0.4) is 0 Å². The second-order valence-corrected chi connectivity index (χ2v) is 4.92. The average Bonchev–Trinajstić information content (AvgIpc) is 3.12. The fraction of sp³-hybridized carbons (Fsp3) is 0.923. The molecule has 1 rings (SSSR count). The summed E-state index contributed by atoms with van der Waals surface area (Å²) in [5, 5.41) is 3.04. The van der Waals surface area contributed by atoms with E-state index >= 15 is 0 Å². The van der Waals surface area contributed by atoms with Crippen LogP contribution in [0.15, 0.2) is 0 Å². The topological polar surface area (TPSA) is 47.6 Å². The summed E-state index contributed by atoms with van der Waals surface area (Å²) in [5.74, 6) is 0.625. The predicted octanol–water partition coefficient (Wildman–Crippen LogP) is 1.73. The lowest BCUT2D eigenvalue weighted by atomic mass is 9.96. The molecule has 0 aromatic rings. The number of carbonyl (C=O) groups is 1. The number of nitrogens with one attached hydrogen (secondary N) is 1. The van der Waals surface area contributed by atoms with Gasteiger partial charge >= 0.3 is 5.97 Å². The van der Waals surface area contributed by atoms with Gasteiger partial charge in [0.2, 0.25) is 0 Å². The minimum Gasteiger partial charge on any atom is -0.465 e. The first-order chi connectivity index (χ1) is 8.12. The van der Waals surface area contributed by atoms with Gasteiger partial charge in [0, 0.05) is 13.2 Å². The van der Waals surface area contributed by atoms with E-state index in [0.717, 1.165) is 32.0 Å². The Hall–Kier alpha value is -0.610. The van der Waals surface area contributed by atoms with Crippen LogP contribution in [0.4, 0.5) is 0 Å². The zero-order chi connectivity index (χ0) is 12.7. The van der Waals surface area contributed by atoms with Gasteiger partial charge in [0.25, 0.3) is 0 Å². The molecule has 0 bridgehead atoms. The molecule has 0 heterocycles. The standard InChI is InChI=1S/C13H25NO3/c1-4-17-12(15)13(2,14-3)8-5-9-16-10-11-6-7-11/h11,14H,4-10H2,1-3H3. The van der Waals surface area contributed by atoms with Crippen LogP contribution in [0.1, 0.15) is 39.5 Å². The van der Waals surface area contributed by atoms with E-state index in [1.165, 1.54) is 12.8 Å². The minimum atomic E-state index is -0.584. The fourth-order valence-electron chi connectivity index (χ4n) is 1.68. The second kappa shape index (κ2) is 6.97. The zero-order valence-corrected chi connectivity index (χ0v) is 11.3. The molecule has 1 N–H and O–H groups in total. The Morgan fingerprint density at radius 1 is 1.47 bits per heavy atom. The first-order valence-corrected chi connectivity index (χ1v) is 6.56. The molecule has 1 aliphatic rings. The number of hydrogen-bond donors (Lipinski definition) is 1. The molecule has 1 aliphatic carbocycles. The van der Waals surface area contributed by atoms with E-state index in [-0.39, 0.29) is 5.97 Å². The molecule has 0 aromatic heterocycles. The second-order valence-electron chi connectivity index (χ2n) is 4.92. The van der Waals surface area contributed by atoms with E-state index in [1.807, 2.05) is 13.8 Å². The van der Waals surface area contributed by atoms with E-state index in [0.29, 0.717) is 6.61 Å². The zero-order valence-electron chi connectivity index (χ0n) is 11.3. The first-order valence-electron chi connectivity index (χ1n) is 6.56. The highest BCUT2D eigenvalue weighted by Crippen LogP contribution is 2.28. The van der Waals surface area contributed by atoms with E-state index in [4.69, 9.17) is 9.47 Å². The number of rotatable bonds is 9. The van der Waals surface area contributed by atoms with Gasteiger partial charge < -0.3 is 14.8 Å². The summed E-state index contributed by atoms with van der Waals surface area (Å²) in [5.41, 5.74) is -0.584. The number of hydrogen-bond acceptors (Lipinski definition) is 4. The molecule has 0 amide bonds. The van der Waals surface area contributed by atoms with Gasteiger partial charge in [0.1, 0.15) is 5.54 Å². The Labute approximate surface area is 104 Å². The molecule has 1 saturated carbocycles. The summed E-state index contributed by atoms with van der Waals surface area (Å²) in [6, 6.07) is 0. The number of likely N-dealkylation sites (N-methyl/N-ethyl adjacent to an activating group) is 1. The lowest BCUT2D eigenvalue weighted by Gasteiger charge is -2.26. The normalized spacial score (nSPS) is 18.8. The summed E-state index contributed by atoms with van der Waals surface area (Å²) < 4.78 is 10.6.